The molecule has 1 aromatic heterocycles. The summed E-state index contributed by atoms with van der Waals surface area (Å²) in [6.07, 6.45) is 4.85. The first-order valence-electron chi connectivity index (χ1n) is 14.4. The van der Waals surface area contributed by atoms with Crippen LogP contribution in [-0.2, 0) is 11.3 Å². The molecule has 0 spiro atoms. The number of carbonyl (C=O) groups is 2. The first-order valence-corrected chi connectivity index (χ1v) is 14.4. The zero-order chi connectivity index (χ0) is 29.4. The van der Waals surface area contributed by atoms with Gasteiger partial charge in [-0.15, -0.1) is 0 Å². The molecule has 1 aliphatic heterocycles. The third-order valence-corrected chi connectivity index (χ3v) is 7.24. The van der Waals surface area contributed by atoms with E-state index in [9.17, 15) is 9.59 Å². The number of methoxy groups -OCH3 is 1. The van der Waals surface area contributed by atoms with Crippen LogP contribution in [0.2, 0.25) is 0 Å². The molecule has 4 rings (SSSR count). The smallest absolute Gasteiger partial charge is 0.253 e. The van der Waals surface area contributed by atoms with Crippen LogP contribution in [0, 0.1) is 11.3 Å². The fraction of sp³-hybridized carbons (Fsp3) is 0.424. The van der Waals surface area contributed by atoms with Gasteiger partial charge >= 0.3 is 0 Å². The maximum atomic E-state index is 13.5. The van der Waals surface area contributed by atoms with Gasteiger partial charge in [-0.2, -0.15) is 0 Å². The number of ether oxygens (including phenoxy) is 1. The van der Waals surface area contributed by atoms with Gasteiger partial charge in [0.15, 0.2) is 0 Å². The summed E-state index contributed by atoms with van der Waals surface area (Å²) in [7, 11) is 1.69. The lowest BCUT2D eigenvalue weighted by Crippen LogP contribution is -2.47. The number of aromatic nitrogens is 1. The largest absolute Gasteiger partial charge is 0.495 e. The standard InChI is InChI=1S/C33H43N5O3/c1-24(21-33(2,3)4)19-31(39)36-26-12-13-28(27(20-26)32(40)35-23-25-9-8-14-34-22-25)37-15-17-38(18-16-37)29-10-6-7-11-30(29)41-5/h6-14,20,22,24H,15-19,21,23H2,1-5H3,(H,35,40)(H,36,39). The van der Waals surface area contributed by atoms with Gasteiger partial charge in [-0.25, -0.2) is 0 Å². The number of carbonyl (C=O) groups excluding carboxylic acids is 2. The van der Waals surface area contributed by atoms with Gasteiger partial charge in [0, 0.05) is 62.9 Å². The molecule has 1 atom stereocenters. The molecule has 0 radical (unpaired) electrons. The highest BCUT2D eigenvalue weighted by molar-refractivity contribution is 6.02. The fourth-order valence-electron chi connectivity index (χ4n) is 5.58. The molecular formula is C33H43N5O3. The molecule has 0 saturated carbocycles. The second-order valence-electron chi connectivity index (χ2n) is 12.0. The minimum atomic E-state index is -0.187. The molecule has 8 nitrogen and oxygen atoms in total. The second-order valence-corrected chi connectivity index (χ2v) is 12.0. The maximum absolute atomic E-state index is 13.5. The average Bonchev–Trinajstić information content (AvgIpc) is 2.95. The number of hydrogen-bond acceptors (Lipinski definition) is 6. The first-order chi connectivity index (χ1) is 19.6. The highest BCUT2D eigenvalue weighted by Crippen LogP contribution is 2.31. The number of piperazine rings is 1. The van der Waals surface area contributed by atoms with E-state index in [1.54, 1.807) is 25.6 Å². The van der Waals surface area contributed by atoms with Crippen molar-refractivity contribution >= 4 is 28.9 Å². The molecule has 1 aliphatic rings. The Morgan fingerprint density at radius 1 is 0.976 bits per heavy atom. The molecule has 3 aromatic rings. The summed E-state index contributed by atoms with van der Waals surface area (Å²) >= 11 is 0. The summed E-state index contributed by atoms with van der Waals surface area (Å²) in [5.41, 5.74) is 4.18. The molecule has 8 heteroatoms. The van der Waals surface area contributed by atoms with E-state index in [1.807, 2.05) is 42.5 Å². The predicted octanol–water partition coefficient (Wildman–Crippen LogP) is 5.75. The number of para-hydroxylation sites is 2. The monoisotopic (exact) mass is 557 g/mol. The van der Waals surface area contributed by atoms with Crippen molar-refractivity contribution in [3.8, 4) is 5.75 Å². The number of nitrogens with one attached hydrogen (secondary N) is 2. The van der Waals surface area contributed by atoms with Gasteiger partial charge in [-0.05, 0) is 59.7 Å². The lowest BCUT2D eigenvalue weighted by molar-refractivity contribution is -0.117. The molecule has 2 aromatic carbocycles. The van der Waals surface area contributed by atoms with Crippen molar-refractivity contribution in [2.75, 3.05) is 48.4 Å². The minimum absolute atomic E-state index is 0.0401. The van der Waals surface area contributed by atoms with Crippen LogP contribution in [0.3, 0.4) is 0 Å². The number of nitrogens with zero attached hydrogens (tertiary/aromatic N) is 3. The molecule has 0 aliphatic carbocycles. The summed E-state index contributed by atoms with van der Waals surface area (Å²) in [5.74, 6) is 0.888. The molecule has 2 N–H and O–H groups in total. The van der Waals surface area contributed by atoms with Crippen molar-refractivity contribution in [1.29, 1.82) is 0 Å². The topological polar surface area (TPSA) is 86.8 Å². The molecule has 2 heterocycles. The van der Waals surface area contributed by atoms with Gasteiger partial charge < -0.3 is 25.2 Å². The van der Waals surface area contributed by atoms with Crippen molar-refractivity contribution < 1.29 is 14.3 Å². The lowest BCUT2D eigenvalue weighted by atomic mass is 9.84. The lowest BCUT2D eigenvalue weighted by Gasteiger charge is -2.38. The van der Waals surface area contributed by atoms with Crippen LogP contribution < -0.4 is 25.2 Å². The highest BCUT2D eigenvalue weighted by atomic mass is 16.5. The van der Waals surface area contributed by atoms with E-state index in [4.69, 9.17) is 4.74 Å². The average molecular weight is 558 g/mol. The Labute approximate surface area is 244 Å². The molecule has 0 bridgehead atoms. The molecule has 1 unspecified atom stereocenters. The summed E-state index contributed by atoms with van der Waals surface area (Å²) in [6.45, 7) is 12.1. The molecule has 218 valence electrons. The number of hydrogen-bond donors (Lipinski definition) is 2. The van der Waals surface area contributed by atoms with Gasteiger partial charge in [0.05, 0.1) is 18.4 Å². The first kappa shape index (κ1) is 29.9. The van der Waals surface area contributed by atoms with E-state index in [0.29, 0.717) is 24.2 Å². The maximum Gasteiger partial charge on any atom is 0.253 e. The number of rotatable bonds is 10. The SMILES string of the molecule is COc1ccccc1N1CCN(c2ccc(NC(=O)CC(C)CC(C)(C)C)cc2C(=O)NCc2cccnc2)CC1. The number of amides is 2. The third kappa shape index (κ3) is 8.46. The Bertz CT molecular complexity index is 1310. The molecule has 1 fully saturated rings. The molecule has 2 amide bonds. The van der Waals surface area contributed by atoms with Gasteiger partial charge in [-0.1, -0.05) is 45.9 Å². The molecular weight excluding hydrogens is 514 g/mol. The second kappa shape index (κ2) is 13.5. The fourth-order valence-corrected chi connectivity index (χ4v) is 5.58. The van der Waals surface area contributed by atoms with E-state index >= 15 is 0 Å². The third-order valence-electron chi connectivity index (χ3n) is 7.24. The van der Waals surface area contributed by atoms with Crippen LogP contribution >= 0.6 is 0 Å². The molecule has 41 heavy (non-hydrogen) atoms. The summed E-state index contributed by atoms with van der Waals surface area (Å²) in [4.78, 5) is 35.1. The number of benzene rings is 2. The van der Waals surface area contributed by atoms with E-state index in [1.165, 1.54) is 0 Å². The van der Waals surface area contributed by atoms with Crippen molar-refractivity contribution in [1.82, 2.24) is 10.3 Å². The Balaban J connectivity index is 1.50. The Morgan fingerprint density at radius 2 is 1.68 bits per heavy atom. The Kier molecular flexibility index (Phi) is 9.86. The van der Waals surface area contributed by atoms with E-state index in [2.05, 4.69) is 59.2 Å². The van der Waals surface area contributed by atoms with Gasteiger partial charge in [-0.3, -0.25) is 14.6 Å². The normalized spacial score (nSPS) is 14.4. The van der Waals surface area contributed by atoms with Crippen LogP contribution in [0.25, 0.3) is 0 Å². The predicted molar refractivity (Wildman–Crippen MR) is 166 cm³/mol. The van der Waals surface area contributed by atoms with E-state index in [0.717, 1.165) is 55.3 Å². The van der Waals surface area contributed by atoms with Crippen molar-refractivity contribution in [2.24, 2.45) is 11.3 Å². The van der Waals surface area contributed by atoms with Gasteiger partial charge in [0.1, 0.15) is 5.75 Å². The Morgan fingerprint density at radius 3 is 2.34 bits per heavy atom. The zero-order valence-corrected chi connectivity index (χ0v) is 24.9. The van der Waals surface area contributed by atoms with Crippen LogP contribution in [0.5, 0.6) is 5.75 Å². The molecule has 1 saturated heterocycles. The van der Waals surface area contributed by atoms with Crippen LogP contribution in [0.1, 0.15) is 56.5 Å². The van der Waals surface area contributed by atoms with Crippen molar-refractivity contribution in [3.05, 3.63) is 78.1 Å². The Hall–Kier alpha value is -4.07. The van der Waals surface area contributed by atoms with E-state index < -0.39 is 0 Å². The minimum Gasteiger partial charge on any atom is -0.495 e. The van der Waals surface area contributed by atoms with Crippen LogP contribution in [0.4, 0.5) is 17.1 Å². The summed E-state index contributed by atoms with van der Waals surface area (Å²) in [6, 6.07) is 17.5. The van der Waals surface area contributed by atoms with Crippen molar-refractivity contribution in [2.45, 2.75) is 47.1 Å². The van der Waals surface area contributed by atoms with Crippen LogP contribution in [0.15, 0.2) is 67.0 Å². The van der Waals surface area contributed by atoms with E-state index in [-0.39, 0.29) is 23.1 Å². The van der Waals surface area contributed by atoms with Gasteiger partial charge in [0.25, 0.3) is 5.91 Å². The number of pyridine rings is 1. The van der Waals surface area contributed by atoms with Gasteiger partial charge in [0.2, 0.25) is 5.91 Å². The highest BCUT2D eigenvalue weighted by Gasteiger charge is 2.24. The summed E-state index contributed by atoms with van der Waals surface area (Å²) < 4.78 is 5.57. The van der Waals surface area contributed by atoms with Crippen LogP contribution in [-0.4, -0.2) is 50.1 Å². The summed E-state index contributed by atoms with van der Waals surface area (Å²) in [5, 5.41) is 6.07. The van der Waals surface area contributed by atoms with Crippen molar-refractivity contribution in [3.63, 3.8) is 0 Å². The number of anilines is 3. The zero-order valence-electron chi connectivity index (χ0n) is 24.9. The quantitative estimate of drug-likeness (QED) is 0.330.